The molecule has 0 fully saturated rings. The van der Waals surface area contributed by atoms with Crippen LogP contribution in [0.2, 0.25) is 0 Å². The first kappa shape index (κ1) is 19.9. The van der Waals surface area contributed by atoms with Gasteiger partial charge in [0.2, 0.25) is 0 Å². The molecule has 12 heteroatoms. The molecule has 2 aromatic rings. The Morgan fingerprint density at radius 2 is 1.19 bits per heavy atom. The fourth-order valence-corrected chi connectivity index (χ4v) is 3.14. The first-order chi connectivity index (χ1) is 11.7. The molecule has 1 N–H and O–H groups in total. The van der Waals surface area contributed by atoms with Crippen molar-refractivity contribution in [1.82, 2.24) is 0 Å². The highest BCUT2D eigenvalue weighted by Crippen LogP contribution is 2.38. The first-order valence-electron chi connectivity index (χ1n) is 6.48. The molecular weight excluding hydrogens is 398 g/mol. The minimum atomic E-state index is -5.22. The number of alkyl halides is 6. The monoisotopic (exact) mass is 405 g/mol. The van der Waals surface area contributed by atoms with Crippen molar-refractivity contribution in [3.63, 3.8) is 0 Å². The molecule has 0 aliphatic rings. The Morgan fingerprint density at radius 3 is 1.58 bits per heavy atom. The molecule has 2 aromatic carbocycles. The molecule has 0 saturated heterocycles. The van der Waals surface area contributed by atoms with Crippen LogP contribution in [0.1, 0.15) is 11.1 Å². The van der Waals surface area contributed by atoms with E-state index in [0.717, 1.165) is 6.07 Å². The lowest BCUT2D eigenvalue weighted by Crippen LogP contribution is -2.18. The third-order valence-electron chi connectivity index (χ3n) is 3.03. The summed E-state index contributed by atoms with van der Waals surface area (Å²) in [7, 11) is -5.13. The van der Waals surface area contributed by atoms with Crippen LogP contribution in [-0.2, 0) is 22.4 Å². The molecule has 0 radical (unpaired) electrons. The lowest BCUT2D eigenvalue weighted by Gasteiger charge is -2.15. The molecule has 3 nitrogen and oxygen atoms in total. The third kappa shape index (κ3) is 4.23. The summed E-state index contributed by atoms with van der Waals surface area (Å²) < 4.78 is 129. The zero-order chi connectivity index (χ0) is 19.9. The Labute approximate surface area is 141 Å². The van der Waals surface area contributed by atoms with Gasteiger partial charge in [-0.3, -0.25) is 4.72 Å². The van der Waals surface area contributed by atoms with E-state index in [1.807, 2.05) is 0 Å². The summed E-state index contributed by atoms with van der Waals surface area (Å²) in [5.41, 5.74) is -4.74. The Balaban J connectivity index is 2.58. The summed E-state index contributed by atoms with van der Waals surface area (Å²) in [5, 5.41) is 0. The second kappa shape index (κ2) is 6.41. The van der Waals surface area contributed by atoms with Gasteiger partial charge in [0.05, 0.1) is 16.8 Å². The highest BCUT2D eigenvalue weighted by atomic mass is 32.2. The van der Waals surface area contributed by atoms with Gasteiger partial charge in [0.25, 0.3) is 10.0 Å². The van der Waals surface area contributed by atoms with Crippen LogP contribution >= 0.6 is 0 Å². The zero-order valence-electron chi connectivity index (χ0n) is 12.2. The van der Waals surface area contributed by atoms with Crippen molar-refractivity contribution in [1.29, 1.82) is 0 Å². The SMILES string of the molecule is O=S(=O)(Nc1cc(C(F)(F)F)cc(C(F)(F)F)c1)c1c(F)cccc1F. The van der Waals surface area contributed by atoms with Crippen LogP contribution in [0.15, 0.2) is 41.3 Å². The summed E-state index contributed by atoms with van der Waals surface area (Å²) in [6.45, 7) is 0. The summed E-state index contributed by atoms with van der Waals surface area (Å²) >= 11 is 0. The van der Waals surface area contributed by atoms with Crippen molar-refractivity contribution in [2.24, 2.45) is 0 Å². The van der Waals surface area contributed by atoms with Crippen LogP contribution in [0.25, 0.3) is 0 Å². The minimum Gasteiger partial charge on any atom is -0.279 e. The van der Waals surface area contributed by atoms with E-state index in [1.165, 1.54) is 4.72 Å². The quantitative estimate of drug-likeness (QED) is 0.746. The van der Waals surface area contributed by atoms with Crippen molar-refractivity contribution < 1.29 is 43.5 Å². The average molecular weight is 405 g/mol. The number of sulfonamides is 1. The number of nitrogens with one attached hydrogen (secondary N) is 1. The molecule has 0 atom stereocenters. The molecule has 26 heavy (non-hydrogen) atoms. The fraction of sp³-hybridized carbons (Fsp3) is 0.143. The Bertz CT molecular complexity index is 882. The predicted molar refractivity (Wildman–Crippen MR) is 73.6 cm³/mol. The first-order valence-corrected chi connectivity index (χ1v) is 7.96. The Kier molecular flexibility index (Phi) is 4.92. The van der Waals surface area contributed by atoms with Gasteiger partial charge in [-0.25, -0.2) is 17.2 Å². The normalized spacial score (nSPS) is 12.9. The van der Waals surface area contributed by atoms with Gasteiger partial charge in [0.15, 0.2) is 4.90 Å². The van der Waals surface area contributed by atoms with Crippen LogP contribution in [0, 0.1) is 11.6 Å². The van der Waals surface area contributed by atoms with E-state index in [9.17, 15) is 43.5 Å². The van der Waals surface area contributed by atoms with Gasteiger partial charge in [0, 0.05) is 0 Å². The van der Waals surface area contributed by atoms with E-state index in [-0.39, 0.29) is 18.2 Å². The molecule has 0 aliphatic carbocycles. The molecule has 0 aromatic heterocycles. The van der Waals surface area contributed by atoms with Crippen molar-refractivity contribution in [2.45, 2.75) is 17.2 Å². The Morgan fingerprint density at radius 1 is 0.769 bits per heavy atom. The second-order valence-electron chi connectivity index (χ2n) is 4.95. The smallest absolute Gasteiger partial charge is 0.279 e. The summed E-state index contributed by atoms with van der Waals surface area (Å²) in [5.74, 6) is -3.14. The van der Waals surface area contributed by atoms with Crippen molar-refractivity contribution in [2.75, 3.05) is 4.72 Å². The fourth-order valence-electron chi connectivity index (χ4n) is 1.96. The zero-order valence-corrected chi connectivity index (χ0v) is 13.0. The molecule has 2 rings (SSSR count). The lowest BCUT2D eigenvalue weighted by molar-refractivity contribution is -0.143. The number of hydrogen-bond acceptors (Lipinski definition) is 2. The molecular formula is C14H7F8NO2S. The van der Waals surface area contributed by atoms with Gasteiger partial charge in [-0.15, -0.1) is 0 Å². The van der Waals surface area contributed by atoms with E-state index in [2.05, 4.69) is 0 Å². The standard InChI is InChI=1S/C14H7F8NO2S/c15-10-2-1-3-11(16)12(10)26(24,25)23-9-5-7(13(17,18)19)4-8(6-9)14(20,21)22/h1-6,23H. The molecule has 0 heterocycles. The van der Waals surface area contributed by atoms with E-state index >= 15 is 0 Å². The van der Waals surface area contributed by atoms with Crippen molar-refractivity contribution >= 4 is 15.7 Å². The maximum Gasteiger partial charge on any atom is 0.416 e. The van der Waals surface area contributed by atoms with E-state index in [0.29, 0.717) is 12.1 Å². The summed E-state index contributed by atoms with van der Waals surface area (Å²) in [4.78, 5) is -1.54. The highest BCUT2D eigenvalue weighted by Gasteiger charge is 2.37. The number of anilines is 1. The molecule has 0 amide bonds. The number of halogens is 8. The van der Waals surface area contributed by atoms with Gasteiger partial charge < -0.3 is 0 Å². The minimum absolute atomic E-state index is 0.0749. The molecule has 0 bridgehead atoms. The third-order valence-corrected chi connectivity index (χ3v) is 4.46. The topological polar surface area (TPSA) is 46.2 Å². The van der Waals surface area contributed by atoms with Gasteiger partial charge in [-0.05, 0) is 30.3 Å². The molecule has 0 spiro atoms. The van der Waals surface area contributed by atoms with E-state index in [1.54, 1.807) is 0 Å². The lowest BCUT2D eigenvalue weighted by atomic mass is 10.1. The van der Waals surface area contributed by atoms with Crippen LogP contribution < -0.4 is 4.72 Å². The van der Waals surface area contributed by atoms with Gasteiger partial charge in [-0.2, -0.15) is 26.3 Å². The van der Waals surface area contributed by atoms with E-state index in [4.69, 9.17) is 0 Å². The molecule has 0 aliphatic heterocycles. The van der Waals surface area contributed by atoms with Crippen LogP contribution in [0.3, 0.4) is 0 Å². The molecule has 142 valence electrons. The largest absolute Gasteiger partial charge is 0.416 e. The molecule has 0 unspecified atom stereocenters. The summed E-state index contributed by atoms with van der Waals surface area (Å²) in [6.07, 6.45) is -10.4. The maximum absolute atomic E-state index is 13.6. The predicted octanol–water partition coefficient (Wildman–Crippen LogP) is 4.80. The maximum atomic E-state index is 13.6. The van der Waals surface area contributed by atoms with Crippen molar-refractivity contribution in [3.05, 3.63) is 59.2 Å². The van der Waals surface area contributed by atoms with E-state index < -0.39 is 55.7 Å². The van der Waals surface area contributed by atoms with Gasteiger partial charge in [-0.1, -0.05) is 6.07 Å². The van der Waals surface area contributed by atoms with Crippen LogP contribution in [-0.4, -0.2) is 8.42 Å². The second-order valence-corrected chi connectivity index (χ2v) is 6.57. The average Bonchev–Trinajstić information content (AvgIpc) is 2.44. The summed E-state index contributed by atoms with van der Waals surface area (Å²) in [6, 6.07) is 1.88. The Hall–Kier alpha value is -2.37. The van der Waals surface area contributed by atoms with Crippen molar-refractivity contribution in [3.8, 4) is 0 Å². The number of rotatable bonds is 3. The van der Waals surface area contributed by atoms with Crippen LogP contribution in [0.4, 0.5) is 40.8 Å². The van der Waals surface area contributed by atoms with Gasteiger partial charge >= 0.3 is 12.4 Å². The van der Waals surface area contributed by atoms with Gasteiger partial charge in [0.1, 0.15) is 11.6 Å². The van der Waals surface area contributed by atoms with Crippen LogP contribution in [0.5, 0.6) is 0 Å². The number of hydrogen-bond donors (Lipinski definition) is 1. The molecule has 0 saturated carbocycles. The highest BCUT2D eigenvalue weighted by molar-refractivity contribution is 7.92. The number of benzene rings is 2.